The SMILES string of the molecule is COCCNc1ccccc1NCCOC. The number of methoxy groups -OCH3 is 2. The van der Waals surface area contributed by atoms with Crippen molar-refractivity contribution >= 4 is 11.4 Å². The molecule has 0 radical (unpaired) electrons. The molecule has 0 unspecified atom stereocenters. The summed E-state index contributed by atoms with van der Waals surface area (Å²) in [4.78, 5) is 0. The Morgan fingerprint density at radius 3 is 1.69 bits per heavy atom. The van der Waals surface area contributed by atoms with Crippen LogP contribution < -0.4 is 10.6 Å². The Kier molecular flexibility index (Phi) is 6.37. The van der Waals surface area contributed by atoms with E-state index in [-0.39, 0.29) is 0 Å². The van der Waals surface area contributed by atoms with E-state index in [4.69, 9.17) is 9.47 Å². The Morgan fingerprint density at radius 2 is 1.31 bits per heavy atom. The van der Waals surface area contributed by atoms with Gasteiger partial charge in [-0.1, -0.05) is 12.1 Å². The quantitative estimate of drug-likeness (QED) is 0.661. The molecule has 1 aromatic rings. The molecule has 2 N–H and O–H groups in total. The van der Waals surface area contributed by atoms with Gasteiger partial charge in [0.05, 0.1) is 24.6 Å². The number of para-hydroxylation sites is 2. The number of benzene rings is 1. The topological polar surface area (TPSA) is 42.5 Å². The van der Waals surface area contributed by atoms with Crippen molar-refractivity contribution in [3.63, 3.8) is 0 Å². The lowest BCUT2D eigenvalue weighted by Crippen LogP contribution is -2.12. The second kappa shape index (κ2) is 7.96. The molecule has 16 heavy (non-hydrogen) atoms. The molecule has 0 saturated heterocycles. The van der Waals surface area contributed by atoms with Crippen LogP contribution in [0.15, 0.2) is 24.3 Å². The molecule has 1 rings (SSSR count). The van der Waals surface area contributed by atoms with Crippen LogP contribution in [0.1, 0.15) is 0 Å². The Hall–Kier alpha value is -1.26. The molecule has 0 fully saturated rings. The van der Waals surface area contributed by atoms with Crippen molar-refractivity contribution in [3.8, 4) is 0 Å². The minimum absolute atomic E-state index is 0.701. The van der Waals surface area contributed by atoms with Gasteiger partial charge in [0, 0.05) is 27.3 Å². The van der Waals surface area contributed by atoms with Crippen molar-refractivity contribution in [1.29, 1.82) is 0 Å². The van der Waals surface area contributed by atoms with Gasteiger partial charge in [0.2, 0.25) is 0 Å². The zero-order valence-corrected chi connectivity index (χ0v) is 9.95. The fourth-order valence-electron chi connectivity index (χ4n) is 1.37. The fraction of sp³-hybridized carbons (Fsp3) is 0.500. The second-order valence-electron chi connectivity index (χ2n) is 3.38. The van der Waals surface area contributed by atoms with Crippen LogP contribution in [0.5, 0.6) is 0 Å². The summed E-state index contributed by atoms with van der Waals surface area (Å²) in [6.07, 6.45) is 0. The number of anilines is 2. The predicted molar refractivity (Wildman–Crippen MR) is 67.2 cm³/mol. The summed E-state index contributed by atoms with van der Waals surface area (Å²) in [5.74, 6) is 0. The summed E-state index contributed by atoms with van der Waals surface area (Å²) < 4.78 is 10.00. The summed E-state index contributed by atoms with van der Waals surface area (Å²) in [7, 11) is 3.40. The lowest BCUT2D eigenvalue weighted by atomic mass is 10.2. The smallest absolute Gasteiger partial charge is 0.0635 e. The van der Waals surface area contributed by atoms with Gasteiger partial charge in [-0.3, -0.25) is 0 Å². The van der Waals surface area contributed by atoms with Gasteiger partial charge in [-0.25, -0.2) is 0 Å². The van der Waals surface area contributed by atoms with Crippen molar-refractivity contribution < 1.29 is 9.47 Å². The zero-order valence-electron chi connectivity index (χ0n) is 9.95. The second-order valence-corrected chi connectivity index (χ2v) is 3.38. The first-order valence-electron chi connectivity index (χ1n) is 5.43. The Balaban J connectivity index is 2.46. The van der Waals surface area contributed by atoms with Gasteiger partial charge in [-0.05, 0) is 12.1 Å². The highest BCUT2D eigenvalue weighted by atomic mass is 16.5. The number of ether oxygens (including phenoxy) is 2. The average Bonchev–Trinajstić information content (AvgIpc) is 2.32. The van der Waals surface area contributed by atoms with Crippen LogP contribution in [-0.2, 0) is 9.47 Å². The van der Waals surface area contributed by atoms with Gasteiger partial charge in [0.25, 0.3) is 0 Å². The van der Waals surface area contributed by atoms with Crippen LogP contribution in [0.3, 0.4) is 0 Å². The van der Waals surface area contributed by atoms with E-state index in [1.807, 2.05) is 24.3 Å². The summed E-state index contributed by atoms with van der Waals surface area (Å²) in [6.45, 7) is 3.01. The maximum atomic E-state index is 5.00. The van der Waals surface area contributed by atoms with Crippen LogP contribution in [0.4, 0.5) is 11.4 Å². The fourth-order valence-corrected chi connectivity index (χ4v) is 1.37. The average molecular weight is 224 g/mol. The van der Waals surface area contributed by atoms with Crippen LogP contribution in [0.25, 0.3) is 0 Å². The van der Waals surface area contributed by atoms with Crippen molar-refractivity contribution in [2.24, 2.45) is 0 Å². The van der Waals surface area contributed by atoms with Crippen molar-refractivity contribution in [1.82, 2.24) is 0 Å². The molecule has 90 valence electrons. The summed E-state index contributed by atoms with van der Waals surface area (Å²) in [5, 5.41) is 6.63. The molecule has 1 aromatic carbocycles. The summed E-state index contributed by atoms with van der Waals surface area (Å²) in [5.41, 5.74) is 2.19. The number of rotatable bonds is 8. The molecule has 0 atom stereocenters. The van der Waals surface area contributed by atoms with E-state index in [0.717, 1.165) is 24.5 Å². The third-order valence-electron chi connectivity index (χ3n) is 2.17. The highest BCUT2D eigenvalue weighted by molar-refractivity contribution is 5.68. The van der Waals surface area contributed by atoms with Gasteiger partial charge >= 0.3 is 0 Å². The van der Waals surface area contributed by atoms with E-state index in [0.29, 0.717) is 13.2 Å². The van der Waals surface area contributed by atoms with Crippen LogP contribution in [0.2, 0.25) is 0 Å². The monoisotopic (exact) mass is 224 g/mol. The first-order valence-corrected chi connectivity index (χ1v) is 5.43. The molecule has 0 aromatic heterocycles. The summed E-state index contributed by atoms with van der Waals surface area (Å²) >= 11 is 0. The Labute approximate surface area is 96.9 Å². The van der Waals surface area contributed by atoms with Crippen molar-refractivity contribution in [2.75, 3.05) is 51.2 Å². The molecule has 4 heteroatoms. The first kappa shape index (κ1) is 12.8. The Bertz CT molecular complexity index is 263. The third kappa shape index (κ3) is 4.51. The molecule has 0 aliphatic rings. The minimum atomic E-state index is 0.701. The lowest BCUT2D eigenvalue weighted by Gasteiger charge is -2.13. The van der Waals surface area contributed by atoms with Gasteiger partial charge in [-0.15, -0.1) is 0 Å². The van der Waals surface area contributed by atoms with E-state index in [9.17, 15) is 0 Å². The van der Waals surface area contributed by atoms with E-state index >= 15 is 0 Å². The minimum Gasteiger partial charge on any atom is -0.383 e. The molecular formula is C12H20N2O2. The molecule has 4 nitrogen and oxygen atoms in total. The van der Waals surface area contributed by atoms with E-state index in [1.54, 1.807) is 14.2 Å². The molecular weight excluding hydrogens is 204 g/mol. The normalized spacial score (nSPS) is 10.1. The third-order valence-corrected chi connectivity index (χ3v) is 2.17. The number of hydrogen-bond donors (Lipinski definition) is 2. The molecule has 0 aliphatic carbocycles. The molecule has 0 heterocycles. The van der Waals surface area contributed by atoms with E-state index in [1.165, 1.54) is 0 Å². The molecule has 0 aliphatic heterocycles. The zero-order chi connectivity index (χ0) is 11.6. The van der Waals surface area contributed by atoms with Crippen LogP contribution in [-0.4, -0.2) is 40.5 Å². The van der Waals surface area contributed by atoms with Crippen LogP contribution in [0, 0.1) is 0 Å². The van der Waals surface area contributed by atoms with Gasteiger partial charge in [0.15, 0.2) is 0 Å². The first-order chi connectivity index (χ1) is 7.88. The Morgan fingerprint density at radius 1 is 0.875 bits per heavy atom. The maximum absolute atomic E-state index is 5.00. The van der Waals surface area contributed by atoms with Gasteiger partial charge in [0.1, 0.15) is 0 Å². The molecule has 0 saturated carbocycles. The lowest BCUT2D eigenvalue weighted by molar-refractivity contribution is 0.210. The standard InChI is InChI=1S/C12H20N2O2/c1-15-9-7-13-11-5-3-4-6-12(11)14-8-10-16-2/h3-6,13-14H,7-10H2,1-2H3. The van der Waals surface area contributed by atoms with Gasteiger partial charge in [-0.2, -0.15) is 0 Å². The number of nitrogens with one attached hydrogen (secondary N) is 2. The highest BCUT2D eigenvalue weighted by Gasteiger charge is 1.99. The molecule has 0 spiro atoms. The largest absolute Gasteiger partial charge is 0.383 e. The number of hydrogen-bond acceptors (Lipinski definition) is 4. The maximum Gasteiger partial charge on any atom is 0.0635 e. The summed E-state index contributed by atoms with van der Waals surface area (Å²) in [6, 6.07) is 8.11. The molecule has 0 bridgehead atoms. The van der Waals surface area contributed by atoms with Crippen LogP contribution >= 0.6 is 0 Å². The van der Waals surface area contributed by atoms with Gasteiger partial charge < -0.3 is 20.1 Å². The van der Waals surface area contributed by atoms with E-state index in [2.05, 4.69) is 10.6 Å². The highest BCUT2D eigenvalue weighted by Crippen LogP contribution is 2.20. The molecule has 0 amide bonds. The van der Waals surface area contributed by atoms with E-state index < -0.39 is 0 Å². The predicted octanol–water partition coefficient (Wildman–Crippen LogP) is 1.80. The van der Waals surface area contributed by atoms with Crippen molar-refractivity contribution in [3.05, 3.63) is 24.3 Å². The van der Waals surface area contributed by atoms with Crippen molar-refractivity contribution in [2.45, 2.75) is 0 Å².